The monoisotopic (exact) mass is 323 g/mol. The van der Waals surface area contributed by atoms with Crippen LogP contribution >= 0.6 is 0 Å². The molecule has 0 radical (unpaired) electrons. The fourth-order valence-corrected chi connectivity index (χ4v) is 1.96. The highest BCUT2D eigenvalue weighted by atomic mass is 16.3. The molecule has 2 amide bonds. The number of para-hydroxylation sites is 2. The number of aromatic hydroxyl groups is 1. The van der Waals surface area contributed by atoms with Crippen LogP contribution in [0.2, 0.25) is 0 Å². The fraction of sp³-hybridized carbons (Fsp3) is 0.0556. The number of rotatable bonds is 5. The van der Waals surface area contributed by atoms with Crippen molar-refractivity contribution >= 4 is 23.7 Å². The van der Waals surface area contributed by atoms with E-state index in [2.05, 4.69) is 22.4 Å². The average molecular weight is 323 g/mol. The third-order valence-electron chi connectivity index (χ3n) is 3.12. The maximum Gasteiger partial charge on any atom is 0.329 e. The van der Waals surface area contributed by atoms with E-state index >= 15 is 0 Å². The van der Waals surface area contributed by atoms with Crippen LogP contribution in [0, 0.1) is 0 Å². The normalized spacial score (nSPS) is 10.3. The van der Waals surface area contributed by atoms with Crippen molar-refractivity contribution in [3.8, 4) is 5.75 Å². The van der Waals surface area contributed by atoms with Crippen LogP contribution in [0.5, 0.6) is 5.75 Å². The van der Waals surface area contributed by atoms with Gasteiger partial charge in [0.15, 0.2) is 0 Å². The van der Waals surface area contributed by atoms with Gasteiger partial charge in [0.25, 0.3) is 0 Å². The number of benzene rings is 2. The van der Waals surface area contributed by atoms with Crippen molar-refractivity contribution in [1.29, 1.82) is 0 Å². The fourth-order valence-electron chi connectivity index (χ4n) is 1.96. The first-order valence-corrected chi connectivity index (χ1v) is 7.23. The van der Waals surface area contributed by atoms with E-state index < -0.39 is 11.8 Å². The minimum Gasteiger partial charge on any atom is -0.507 e. The van der Waals surface area contributed by atoms with Crippen molar-refractivity contribution in [2.75, 3.05) is 5.32 Å². The zero-order chi connectivity index (χ0) is 17.4. The van der Waals surface area contributed by atoms with Gasteiger partial charge in [0.1, 0.15) is 5.75 Å². The van der Waals surface area contributed by atoms with Gasteiger partial charge in [0, 0.05) is 11.3 Å². The van der Waals surface area contributed by atoms with E-state index in [1.165, 1.54) is 6.21 Å². The molecule has 0 aliphatic carbocycles. The molecule has 0 spiro atoms. The van der Waals surface area contributed by atoms with Crippen molar-refractivity contribution in [2.24, 2.45) is 5.10 Å². The predicted octanol–water partition coefficient (Wildman–Crippen LogP) is 2.21. The highest BCUT2D eigenvalue weighted by Crippen LogP contribution is 2.21. The Morgan fingerprint density at radius 1 is 1.08 bits per heavy atom. The first-order valence-electron chi connectivity index (χ1n) is 7.23. The van der Waals surface area contributed by atoms with Crippen LogP contribution in [0.25, 0.3) is 0 Å². The zero-order valence-corrected chi connectivity index (χ0v) is 12.9. The van der Waals surface area contributed by atoms with Crippen LogP contribution < -0.4 is 10.7 Å². The molecule has 24 heavy (non-hydrogen) atoms. The zero-order valence-electron chi connectivity index (χ0n) is 12.9. The van der Waals surface area contributed by atoms with E-state index in [4.69, 9.17) is 0 Å². The molecule has 0 saturated carbocycles. The second kappa shape index (κ2) is 8.28. The van der Waals surface area contributed by atoms with Gasteiger partial charge in [-0.25, -0.2) is 5.43 Å². The molecule has 6 nitrogen and oxygen atoms in total. The molecule has 0 bridgehead atoms. The highest BCUT2D eigenvalue weighted by Gasteiger charge is 2.12. The summed E-state index contributed by atoms with van der Waals surface area (Å²) in [5, 5.41) is 16.2. The third kappa shape index (κ3) is 4.54. The lowest BCUT2D eigenvalue weighted by Crippen LogP contribution is -2.32. The number of hydrazone groups is 1. The molecule has 0 unspecified atom stereocenters. The number of phenols is 1. The van der Waals surface area contributed by atoms with Crippen LogP contribution in [-0.2, 0) is 16.0 Å². The van der Waals surface area contributed by atoms with E-state index in [-0.39, 0.29) is 5.75 Å². The van der Waals surface area contributed by atoms with Gasteiger partial charge in [0.05, 0.1) is 6.21 Å². The molecule has 3 N–H and O–H groups in total. The lowest BCUT2D eigenvalue weighted by Gasteiger charge is -2.05. The number of nitrogens with one attached hydrogen (secondary N) is 2. The smallest absolute Gasteiger partial charge is 0.329 e. The summed E-state index contributed by atoms with van der Waals surface area (Å²) in [7, 11) is 0. The Hall–Kier alpha value is -3.41. The molecular weight excluding hydrogens is 306 g/mol. The highest BCUT2D eigenvalue weighted by molar-refractivity contribution is 6.39. The molecule has 2 aromatic rings. The number of hydrogen-bond donors (Lipinski definition) is 3. The average Bonchev–Trinajstić information content (AvgIpc) is 2.59. The quantitative estimate of drug-likeness (QED) is 0.341. The molecule has 2 aromatic carbocycles. The van der Waals surface area contributed by atoms with Crippen molar-refractivity contribution < 1.29 is 14.7 Å². The van der Waals surface area contributed by atoms with E-state index in [1.807, 2.05) is 0 Å². The summed E-state index contributed by atoms with van der Waals surface area (Å²) in [4.78, 5) is 23.4. The van der Waals surface area contributed by atoms with E-state index in [0.29, 0.717) is 23.2 Å². The predicted molar refractivity (Wildman–Crippen MR) is 92.8 cm³/mol. The maximum absolute atomic E-state index is 11.7. The molecule has 2 rings (SSSR count). The van der Waals surface area contributed by atoms with Crippen molar-refractivity contribution in [1.82, 2.24) is 5.43 Å². The molecular formula is C18H17N3O3. The van der Waals surface area contributed by atoms with Gasteiger partial charge in [0.2, 0.25) is 0 Å². The van der Waals surface area contributed by atoms with Crippen LogP contribution in [0.15, 0.2) is 66.3 Å². The topological polar surface area (TPSA) is 90.8 Å². The Morgan fingerprint density at radius 3 is 2.54 bits per heavy atom. The largest absolute Gasteiger partial charge is 0.507 e. The molecule has 0 aliphatic rings. The van der Waals surface area contributed by atoms with Gasteiger partial charge in [-0.05, 0) is 30.2 Å². The number of amides is 2. The molecule has 0 aliphatic heterocycles. The maximum atomic E-state index is 11.7. The summed E-state index contributed by atoms with van der Waals surface area (Å²) in [6.45, 7) is 3.62. The minimum atomic E-state index is -0.906. The van der Waals surface area contributed by atoms with E-state index in [9.17, 15) is 14.7 Å². The summed E-state index contributed by atoms with van der Waals surface area (Å²) in [6, 6.07) is 13.8. The van der Waals surface area contributed by atoms with E-state index in [1.54, 1.807) is 54.6 Å². The van der Waals surface area contributed by atoms with Crippen LogP contribution in [0.3, 0.4) is 0 Å². The Balaban J connectivity index is 1.96. The van der Waals surface area contributed by atoms with Gasteiger partial charge in [-0.3, -0.25) is 9.59 Å². The lowest BCUT2D eigenvalue weighted by molar-refractivity contribution is -0.136. The Morgan fingerprint density at radius 2 is 1.83 bits per heavy atom. The first-order chi connectivity index (χ1) is 11.6. The summed E-state index contributed by atoms with van der Waals surface area (Å²) in [5.74, 6) is -1.68. The first kappa shape index (κ1) is 17.0. The molecule has 0 saturated heterocycles. The standard InChI is InChI=1S/C18H17N3O3/c1-2-7-13-8-6-9-14(16(13)22)12-19-21-18(24)17(23)20-15-10-4-3-5-11-15/h2-6,8-12,22H,1,7H2,(H,20,23)(H,21,24)/b19-12+. The molecule has 0 aromatic heterocycles. The van der Waals surface area contributed by atoms with Gasteiger partial charge in [-0.15, -0.1) is 6.58 Å². The summed E-state index contributed by atoms with van der Waals surface area (Å²) < 4.78 is 0. The Bertz CT molecular complexity index is 770. The van der Waals surface area contributed by atoms with Crippen LogP contribution in [0.1, 0.15) is 11.1 Å². The number of carbonyl (C=O) groups excluding carboxylic acids is 2. The van der Waals surface area contributed by atoms with Crippen molar-refractivity contribution in [3.05, 3.63) is 72.3 Å². The molecule has 0 fully saturated rings. The Labute approximate surface area is 139 Å². The number of hydrogen-bond acceptors (Lipinski definition) is 4. The number of phenolic OH excluding ortho intramolecular Hbond substituents is 1. The number of allylic oxidation sites excluding steroid dienone is 1. The summed E-state index contributed by atoms with van der Waals surface area (Å²) >= 11 is 0. The molecule has 6 heteroatoms. The van der Waals surface area contributed by atoms with Gasteiger partial charge in [-0.1, -0.05) is 36.4 Å². The minimum absolute atomic E-state index is 0.0594. The SMILES string of the molecule is C=CCc1cccc(/C=N/NC(=O)C(=O)Nc2ccccc2)c1O. The lowest BCUT2D eigenvalue weighted by atomic mass is 10.1. The summed E-state index contributed by atoms with van der Waals surface area (Å²) in [5.41, 5.74) is 3.75. The van der Waals surface area contributed by atoms with Crippen LogP contribution in [-0.4, -0.2) is 23.1 Å². The molecule has 0 heterocycles. The molecule has 122 valence electrons. The second-order valence-electron chi connectivity index (χ2n) is 4.87. The number of nitrogens with zero attached hydrogens (tertiary/aromatic N) is 1. The molecule has 0 atom stereocenters. The van der Waals surface area contributed by atoms with Crippen LogP contribution in [0.4, 0.5) is 5.69 Å². The van der Waals surface area contributed by atoms with Gasteiger partial charge in [-0.2, -0.15) is 5.10 Å². The second-order valence-corrected chi connectivity index (χ2v) is 4.87. The van der Waals surface area contributed by atoms with E-state index in [0.717, 1.165) is 0 Å². The number of anilines is 1. The Kier molecular flexibility index (Phi) is 5.85. The third-order valence-corrected chi connectivity index (χ3v) is 3.12. The van der Waals surface area contributed by atoms with Crippen molar-refractivity contribution in [3.63, 3.8) is 0 Å². The van der Waals surface area contributed by atoms with Crippen molar-refractivity contribution in [2.45, 2.75) is 6.42 Å². The van der Waals surface area contributed by atoms with Gasteiger partial charge >= 0.3 is 11.8 Å². The summed E-state index contributed by atoms with van der Waals surface area (Å²) in [6.07, 6.45) is 3.46. The van der Waals surface area contributed by atoms with Gasteiger partial charge < -0.3 is 10.4 Å². The number of carbonyl (C=O) groups is 2.